The van der Waals surface area contributed by atoms with E-state index in [0.717, 1.165) is 31.4 Å². The van der Waals surface area contributed by atoms with Gasteiger partial charge in [0.2, 0.25) is 10.0 Å². The topological polar surface area (TPSA) is 89.3 Å². The van der Waals surface area contributed by atoms with Crippen molar-refractivity contribution in [3.8, 4) is 0 Å². The van der Waals surface area contributed by atoms with Gasteiger partial charge in [0, 0.05) is 10.5 Å². The van der Waals surface area contributed by atoms with Crippen LogP contribution in [0.3, 0.4) is 0 Å². The number of nitrogens with one attached hydrogen (secondary N) is 1. The number of sulfonamides is 1. The number of carbonyl (C=O) groups excluding carboxylic acids is 1. The van der Waals surface area contributed by atoms with Crippen molar-refractivity contribution in [3.05, 3.63) is 28.0 Å². The molecule has 5 nitrogen and oxygen atoms in total. The monoisotopic (exact) mass is 380 g/mol. The third-order valence-electron chi connectivity index (χ3n) is 3.04. The molecule has 1 aromatic rings. The first-order valence-corrected chi connectivity index (χ1v) is 8.87. The molecule has 1 atom stereocenters. The van der Waals surface area contributed by atoms with E-state index in [0.29, 0.717) is 0 Å². The molecule has 0 spiro atoms. The maximum absolute atomic E-state index is 13.6. The Balaban J connectivity index is 3.15. The molecular weight excluding hydrogens is 363 g/mol. The van der Waals surface area contributed by atoms with Crippen LogP contribution in [0.4, 0.5) is 4.39 Å². The second-order valence-corrected chi connectivity index (χ2v) is 7.06. The number of primary sulfonamides is 1. The van der Waals surface area contributed by atoms with E-state index in [2.05, 4.69) is 21.2 Å². The fourth-order valence-electron chi connectivity index (χ4n) is 1.91. The summed E-state index contributed by atoms with van der Waals surface area (Å²) in [5.41, 5.74) is 0.0370. The highest BCUT2D eigenvalue weighted by atomic mass is 79.9. The Labute approximate surface area is 132 Å². The molecule has 0 aliphatic heterocycles. The smallest absolute Gasteiger partial charge is 0.252 e. The van der Waals surface area contributed by atoms with Crippen LogP contribution in [-0.2, 0) is 10.0 Å². The first kappa shape index (κ1) is 18.1. The summed E-state index contributed by atoms with van der Waals surface area (Å²) in [4.78, 5) is 11.5. The number of nitrogens with two attached hydrogens (primary N) is 1. The summed E-state index contributed by atoms with van der Waals surface area (Å²) in [6.07, 6.45) is 2.47. The van der Waals surface area contributed by atoms with Crippen LogP contribution in [-0.4, -0.2) is 20.4 Å². The van der Waals surface area contributed by atoms with E-state index in [1.807, 2.05) is 13.8 Å². The zero-order valence-corrected chi connectivity index (χ0v) is 14.2. The molecule has 1 rings (SSSR count). The first-order chi connectivity index (χ1) is 9.70. The highest BCUT2D eigenvalue weighted by Crippen LogP contribution is 2.24. The summed E-state index contributed by atoms with van der Waals surface area (Å²) in [5.74, 6) is -1.46. The van der Waals surface area contributed by atoms with Crippen LogP contribution in [0.1, 0.15) is 43.5 Å². The van der Waals surface area contributed by atoms with Gasteiger partial charge in [-0.15, -0.1) is 0 Å². The molecule has 1 aromatic carbocycles. The van der Waals surface area contributed by atoms with E-state index in [1.165, 1.54) is 0 Å². The van der Waals surface area contributed by atoms with E-state index in [1.54, 1.807) is 0 Å². The van der Waals surface area contributed by atoms with Crippen molar-refractivity contribution in [2.45, 2.75) is 44.0 Å². The molecule has 0 bridgehead atoms. The van der Waals surface area contributed by atoms with Gasteiger partial charge in [-0.25, -0.2) is 17.9 Å². The lowest BCUT2D eigenvalue weighted by molar-refractivity contribution is 0.0932. The lowest BCUT2D eigenvalue weighted by atomic mass is 10.1. The lowest BCUT2D eigenvalue weighted by Gasteiger charge is -2.17. The fourth-order valence-corrected chi connectivity index (χ4v) is 3.02. The van der Waals surface area contributed by atoms with Crippen LogP contribution < -0.4 is 10.5 Å². The van der Waals surface area contributed by atoms with Crippen LogP contribution in [0, 0.1) is 5.82 Å². The van der Waals surface area contributed by atoms with E-state index >= 15 is 0 Å². The Morgan fingerprint density at radius 1 is 1.43 bits per heavy atom. The number of carbonyl (C=O) groups is 1. The second-order valence-electron chi connectivity index (χ2n) is 4.67. The number of halogens is 2. The predicted octanol–water partition coefficient (Wildman–Crippen LogP) is 2.54. The van der Waals surface area contributed by atoms with Gasteiger partial charge in [0.25, 0.3) is 5.91 Å². The van der Waals surface area contributed by atoms with Gasteiger partial charge in [-0.2, -0.15) is 0 Å². The van der Waals surface area contributed by atoms with Crippen LogP contribution in [0.25, 0.3) is 0 Å². The highest BCUT2D eigenvalue weighted by Gasteiger charge is 2.21. The third-order valence-corrected chi connectivity index (χ3v) is 4.62. The summed E-state index contributed by atoms with van der Waals surface area (Å²) in [6, 6.07) is 1.86. The fraction of sp³-hybridized carbons (Fsp3) is 0.462. The Kier molecular flexibility index (Phi) is 6.30. The van der Waals surface area contributed by atoms with Crippen LogP contribution in [0.15, 0.2) is 21.5 Å². The zero-order chi connectivity index (χ0) is 16.2. The first-order valence-electron chi connectivity index (χ1n) is 6.53. The molecule has 0 radical (unpaired) electrons. The van der Waals surface area contributed by atoms with Crippen molar-refractivity contribution in [2.24, 2.45) is 5.14 Å². The largest absolute Gasteiger partial charge is 0.349 e. The highest BCUT2D eigenvalue weighted by molar-refractivity contribution is 9.10. The van der Waals surface area contributed by atoms with Crippen molar-refractivity contribution < 1.29 is 17.6 Å². The Hall–Kier alpha value is -0.990. The molecule has 8 heteroatoms. The van der Waals surface area contributed by atoms with Gasteiger partial charge in [-0.1, -0.05) is 20.3 Å². The van der Waals surface area contributed by atoms with Gasteiger partial charge in [-0.05, 0) is 40.9 Å². The van der Waals surface area contributed by atoms with Crippen molar-refractivity contribution in [3.63, 3.8) is 0 Å². The summed E-state index contributed by atoms with van der Waals surface area (Å²) in [6.45, 7) is 3.94. The Morgan fingerprint density at radius 2 is 2.05 bits per heavy atom. The molecular formula is C13H18BrFN2O3S. The summed E-state index contributed by atoms with van der Waals surface area (Å²) < 4.78 is 36.4. The third kappa shape index (κ3) is 4.76. The predicted molar refractivity (Wildman–Crippen MR) is 81.9 cm³/mol. The minimum atomic E-state index is -4.23. The lowest BCUT2D eigenvalue weighted by Crippen LogP contribution is -2.34. The summed E-state index contributed by atoms with van der Waals surface area (Å²) in [7, 11) is -4.23. The Bertz CT molecular complexity index is 635. The average Bonchev–Trinajstić information content (AvgIpc) is 2.36. The molecule has 3 N–H and O–H groups in total. The van der Waals surface area contributed by atoms with Crippen molar-refractivity contribution in [1.29, 1.82) is 0 Å². The average molecular weight is 381 g/mol. The number of rotatable bonds is 6. The molecule has 0 aromatic heterocycles. The van der Waals surface area contributed by atoms with Gasteiger partial charge in [0.15, 0.2) is 0 Å². The van der Waals surface area contributed by atoms with E-state index in [9.17, 15) is 17.6 Å². The Morgan fingerprint density at radius 3 is 2.52 bits per heavy atom. The van der Waals surface area contributed by atoms with Crippen molar-refractivity contribution >= 4 is 31.9 Å². The summed E-state index contributed by atoms with van der Waals surface area (Å²) >= 11 is 3.06. The van der Waals surface area contributed by atoms with Gasteiger partial charge in [0.1, 0.15) is 10.7 Å². The quantitative estimate of drug-likeness (QED) is 0.794. The maximum Gasteiger partial charge on any atom is 0.252 e. The maximum atomic E-state index is 13.6. The number of amides is 1. The van der Waals surface area contributed by atoms with Crippen LogP contribution in [0.2, 0.25) is 0 Å². The molecule has 1 amide bonds. The standard InChI is InChI=1S/C13H18BrFN2O3S/c1-3-5-8(4-2)17-13(18)9-6-12(21(16,19)20)11(15)7-10(9)14/h6-8H,3-5H2,1-2H3,(H,17,18)(H2,16,19,20). The molecule has 0 heterocycles. The minimum absolute atomic E-state index is 0.0163. The van der Waals surface area contributed by atoms with E-state index in [-0.39, 0.29) is 16.1 Å². The SMILES string of the molecule is CCCC(CC)NC(=O)c1cc(S(N)(=O)=O)c(F)cc1Br. The molecule has 21 heavy (non-hydrogen) atoms. The van der Waals surface area contributed by atoms with E-state index in [4.69, 9.17) is 5.14 Å². The minimum Gasteiger partial charge on any atom is -0.349 e. The van der Waals surface area contributed by atoms with E-state index < -0.39 is 26.6 Å². The van der Waals surface area contributed by atoms with Gasteiger partial charge in [0.05, 0.1) is 5.56 Å². The normalized spacial score (nSPS) is 13.0. The van der Waals surface area contributed by atoms with Crippen molar-refractivity contribution in [1.82, 2.24) is 5.32 Å². The van der Waals surface area contributed by atoms with Crippen LogP contribution in [0.5, 0.6) is 0 Å². The molecule has 1 unspecified atom stereocenters. The summed E-state index contributed by atoms with van der Waals surface area (Å²) in [5, 5.41) is 7.73. The molecule has 118 valence electrons. The van der Waals surface area contributed by atoms with Gasteiger partial charge < -0.3 is 5.32 Å². The van der Waals surface area contributed by atoms with Crippen molar-refractivity contribution in [2.75, 3.05) is 0 Å². The molecule has 0 fully saturated rings. The second kappa shape index (κ2) is 7.33. The van der Waals surface area contributed by atoms with Gasteiger partial charge in [-0.3, -0.25) is 4.79 Å². The van der Waals surface area contributed by atoms with Crippen LogP contribution >= 0.6 is 15.9 Å². The number of hydrogen-bond donors (Lipinski definition) is 2. The molecule has 0 saturated carbocycles. The molecule has 0 saturated heterocycles. The van der Waals surface area contributed by atoms with Gasteiger partial charge >= 0.3 is 0 Å². The number of hydrogen-bond acceptors (Lipinski definition) is 3. The molecule has 0 aliphatic carbocycles. The molecule has 0 aliphatic rings. The zero-order valence-electron chi connectivity index (χ0n) is 11.8. The number of benzene rings is 1.